The van der Waals surface area contributed by atoms with Gasteiger partial charge in [-0.2, -0.15) is 5.26 Å². The zero-order valence-corrected chi connectivity index (χ0v) is 17.6. The van der Waals surface area contributed by atoms with Gasteiger partial charge >= 0.3 is 0 Å². The number of nitrogens with two attached hydrogens (primary N) is 1. The van der Waals surface area contributed by atoms with Gasteiger partial charge in [-0.15, -0.1) is 0 Å². The molecule has 0 radical (unpaired) electrons. The molecule has 0 spiro atoms. The highest BCUT2D eigenvalue weighted by molar-refractivity contribution is 9.10. The second kappa shape index (κ2) is 9.90. The number of nitrogens with zero attached hydrogens (tertiary/aromatic N) is 2. The molecular formula is C21H21BrF3N3O. The van der Waals surface area contributed by atoms with Crippen molar-refractivity contribution in [3.8, 4) is 6.07 Å². The van der Waals surface area contributed by atoms with Crippen molar-refractivity contribution in [1.29, 1.82) is 5.26 Å². The summed E-state index contributed by atoms with van der Waals surface area (Å²) in [7, 11) is 0. The van der Waals surface area contributed by atoms with Crippen LogP contribution in [-0.4, -0.2) is 23.4 Å². The van der Waals surface area contributed by atoms with E-state index in [1.54, 1.807) is 24.3 Å². The van der Waals surface area contributed by atoms with Crippen LogP contribution in [0.25, 0.3) is 0 Å². The van der Waals surface area contributed by atoms with Crippen LogP contribution >= 0.6 is 15.9 Å². The Labute approximate surface area is 176 Å². The van der Waals surface area contributed by atoms with Crippen molar-refractivity contribution in [2.24, 2.45) is 11.7 Å². The van der Waals surface area contributed by atoms with Crippen LogP contribution in [0, 0.1) is 34.7 Å². The first-order valence-corrected chi connectivity index (χ1v) is 9.77. The van der Waals surface area contributed by atoms with Crippen molar-refractivity contribution >= 4 is 21.8 Å². The van der Waals surface area contributed by atoms with Crippen LogP contribution in [0.15, 0.2) is 40.9 Å². The second-order valence-electron chi connectivity index (χ2n) is 7.10. The Morgan fingerprint density at radius 3 is 2.21 bits per heavy atom. The highest BCUT2D eigenvalue weighted by atomic mass is 79.9. The standard InChI is InChI=1S/C21H21BrF3N3O/c1-12(2)9-18(27)21(29)28(8-7-26)20(13-3-5-14(22)6-4-13)19-16(24)10-15(23)11-17(19)25/h3-6,10-12,18,20H,8-9,27H2,1-2H3/t18-,20?/m0/s1. The smallest absolute Gasteiger partial charge is 0.241 e. The summed E-state index contributed by atoms with van der Waals surface area (Å²) in [5, 5.41) is 9.28. The van der Waals surface area contributed by atoms with E-state index in [2.05, 4.69) is 15.9 Å². The van der Waals surface area contributed by atoms with Crippen LogP contribution in [0.2, 0.25) is 0 Å². The third-order valence-electron chi connectivity index (χ3n) is 4.38. The van der Waals surface area contributed by atoms with E-state index in [1.807, 2.05) is 19.9 Å². The third-order valence-corrected chi connectivity index (χ3v) is 4.91. The van der Waals surface area contributed by atoms with E-state index in [0.29, 0.717) is 24.1 Å². The lowest BCUT2D eigenvalue weighted by Crippen LogP contribution is -2.47. The van der Waals surface area contributed by atoms with E-state index in [4.69, 9.17) is 5.73 Å². The number of rotatable bonds is 7. The van der Waals surface area contributed by atoms with E-state index >= 15 is 0 Å². The summed E-state index contributed by atoms with van der Waals surface area (Å²) in [4.78, 5) is 14.1. The van der Waals surface area contributed by atoms with Gasteiger partial charge in [-0.25, -0.2) is 13.2 Å². The maximum atomic E-state index is 14.7. The Bertz CT molecular complexity index is 889. The summed E-state index contributed by atoms with van der Waals surface area (Å²) in [6.07, 6.45) is 0.336. The topological polar surface area (TPSA) is 70.1 Å². The van der Waals surface area contributed by atoms with E-state index in [0.717, 1.165) is 9.37 Å². The van der Waals surface area contributed by atoms with Crippen LogP contribution in [0.4, 0.5) is 13.2 Å². The number of nitriles is 1. The van der Waals surface area contributed by atoms with Gasteiger partial charge in [0.2, 0.25) is 5.91 Å². The van der Waals surface area contributed by atoms with Gasteiger partial charge in [0.25, 0.3) is 0 Å². The minimum Gasteiger partial charge on any atom is -0.320 e. The minimum atomic E-state index is -1.28. The highest BCUT2D eigenvalue weighted by Gasteiger charge is 2.34. The molecule has 2 aromatic rings. The van der Waals surface area contributed by atoms with E-state index < -0.39 is 47.6 Å². The lowest BCUT2D eigenvalue weighted by atomic mass is 9.94. The number of hydrogen-bond acceptors (Lipinski definition) is 3. The van der Waals surface area contributed by atoms with Gasteiger partial charge in [0.15, 0.2) is 0 Å². The van der Waals surface area contributed by atoms with Crippen molar-refractivity contribution in [3.63, 3.8) is 0 Å². The van der Waals surface area contributed by atoms with Crippen LogP contribution in [0.1, 0.15) is 37.4 Å². The first kappa shape index (κ1) is 22.9. The Morgan fingerprint density at radius 1 is 1.17 bits per heavy atom. The molecule has 4 nitrogen and oxygen atoms in total. The van der Waals surface area contributed by atoms with Crippen LogP contribution in [0.3, 0.4) is 0 Å². The molecule has 2 aromatic carbocycles. The fraction of sp³-hybridized carbons (Fsp3) is 0.333. The molecule has 0 aliphatic carbocycles. The normalized spacial score (nSPS) is 13.1. The molecule has 8 heteroatoms. The minimum absolute atomic E-state index is 0.100. The summed E-state index contributed by atoms with van der Waals surface area (Å²) in [5.41, 5.74) is 5.85. The lowest BCUT2D eigenvalue weighted by molar-refractivity contribution is -0.134. The average molecular weight is 468 g/mol. The van der Waals surface area contributed by atoms with Crippen molar-refractivity contribution in [2.45, 2.75) is 32.4 Å². The molecule has 0 aliphatic heterocycles. The molecule has 0 bridgehead atoms. The summed E-state index contributed by atoms with van der Waals surface area (Å²) in [6.45, 7) is 3.32. The molecule has 0 heterocycles. The second-order valence-corrected chi connectivity index (χ2v) is 8.01. The quantitative estimate of drug-likeness (QED) is 0.600. The highest BCUT2D eigenvalue weighted by Crippen LogP contribution is 2.34. The molecule has 154 valence electrons. The van der Waals surface area contributed by atoms with Crippen molar-refractivity contribution in [3.05, 3.63) is 69.4 Å². The molecule has 0 aromatic heterocycles. The number of benzene rings is 2. The Kier molecular flexibility index (Phi) is 7.82. The van der Waals surface area contributed by atoms with Gasteiger partial charge in [-0.05, 0) is 30.0 Å². The predicted molar refractivity (Wildman–Crippen MR) is 107 cm³/mol. The van der Waals surface area contributed by atoms with Gasteiger partial charge in [-0.3, -0.25) is 4.79 Å². The maximum absolute atomic E-state index is 14.7. The molecule has 2 rings (SSSR count). The molecule has 2 N–H and O–H groups in total. The van der Waals surface area contributed by atoms with Gasteiger partial charge in [0, 0.05) is 16.6 Å². The molecule has 0 saturated heterocycles. The Hall–Kier alpha value is -2.37. The SMILES string of the molecule is CC(C)C[C@H](N)C(=O)N(CC#N)C(c1ccc(Br)cc1)c1c(F)cc(F)cc1F. The molecule has 1 unspecified atom stereocenters. The first-order valence-electron chi connectivity index (χ1n) is 8.98. The summed E-state index contributed by atoms with van der Waals surface area (Å²) >= 11 is 3.29. The molecule has 1 amide bonds. The molecule has 0 saturated carbocycles. The number of hydrogen-bond donors (Lipinski definition) is 1. The lowest BCUT2D eigenvalue weighted by Gasteiger charge is -2.33. The van der Waals surface area contributed by atoms with Gasteiger partial charge < -0.3 is 10.6 Å². The van der Waals surface area contributed by atoms with Crippen molar-refractivity contribution < 1.29 is 18.0 Å². The number of carbonyl (C=O) groups is 1. The van der Waals surface area contributed by atoms with Crippen molar-refractivity contribution in [1.82, 2.24) is 4.90 Å². The summed E-state index contributed by atoms with van der Waals surface area (Å²) in [5.74, 6) is -3.89. The third kappa shape index (κ3) is 5.58. The number of amides is 1. The molecule has 0 fully saturated rings. The molecule has 2 atom stereocenters. The van der Waals surface area contributed by atoms with Gasteiger partial charge in [-0.1, -0.05) is 41.9 Å². The van der Waals surface area contributed by atoms with Crippen molar-refractivity contribution in [2.75, 3.05) is 6.54 Å². The molecular weight excluding hydrogens is 447 g/mol. The predicted octanol–water partition coefficient (Wildman–Crippen LogP) is 4.68. The molecule has 0 aliphatic rings. The largest absolute Gasteiger partial charge is 0.320 e. The van der Waals surface area contributed by atoms with Crippen LogP contribution in [0.5, 0.6) is 0 Å². The number of halogens is 4. The fourth-order valence-corrected chi connectivity index (χ4v) is 3.42. The zero-order valence-electron chi connectivity index (χ0n) is 16.0. The summed E-state index contributed by atoms with van der Waals surface area (Å²) < 4.78 is 43.5. The van der Waals surface area contributed by atoms with Crippen LogP contribution in [-0.2, 0) is 4.79 Å². The Balaban J connectivity index is 2.66. The van der Waals surface area contributed by atoms with Crippen LogP contribution < -0.4 is 5.73 Å². The first-order chi connectivity index (χ1) is 13.6. The molecule has 29 heavy (non-hydrogen) atoms. The van der Waals surface area contributed by atoms with E-state index in [9.17, 15) is 23.2 Å². The monoisotopic (exact) mass is 467 g/mol. The zero-order chi connectivity index (χ0) is 21.7. The Morgan fingerprint density at radius 2 is 1.72 bits per heavy atom. The van der Waals surface area contributed by atoms with E-state index in [-0.39, 0.29) is 5.92 Å². The van der Waals surface area contributed by atoms with Gasteiger partial charge in [0.1, 0.15) is 24.0 Å². The average Bonchev–Trinajstić information content (AvgIpc) is 2.63. The fourth-order valence-electron chi connectivity index (χ4n) is 3.16. The summed E-state index contributed by atoms with van der Waals surface area (Å²) in [6, 6.07) is 7.15. The van der Waals surface area contributed by atoms with Gasteiger partial charge in [0.05, 0.1) is 23.7 Å². The number of carbonyl (C=O) groups excluding carboxylic acids is 1. The maximum Gasteiger partial charge on any atom is 0.241 e. The van der Waals surface area contributed by atoms with E-state index in [1.165, 1.54) is 0 Å².